The van der Waals surface area contributed by atoms with Crippen molar-refractivity contribution in [2.24, 2.45) is 0 Å². The van der Waals surface area contributed by atoms with Crippen LogP contribution in [0, 0.1) is 0 Å². The van der Waals surface area contributed by atoms with Gasteiger partial charge in [-0.3, -0.25) is 4.79 Å². The number of carbonyl (C=O) groups excluding carboxylic acids is 1. The standard InChI is InChI=1S/C15H13BrClNO2/c16-14-4-2-1-3-11(14)9-18-15(19)10-20-13-7-5-12(17)6-8-13/h1-8H,9-10H2,(H,18,19). The van der Waals surface area contributed by atoms with Crippen LogP contribution >= 0.6 is 27.5 Å². The van der Waals surface area contributed by atoms with Gasteiger partial charge in [0.05, 0.1) is 0 Å². The lowest BCUT2D eigenvalue weighted by molar-refractivity contribution is -0.123. The Morgan fingerprint density at radius 1 is 1.15 bits per heavy atom. The van der Waals surface area contributed by atoms with Crippen LogP contribution in [0.3, 0.4) is 0 Å². The van der Waals surface area contributed by atoms with E-state index < -0.39 is 0 Å². The van der Waals surface area contributed by atoms with Crippen molar-refractivity contribution in [3.05, 3.63) is 63.6 Å². The SMILES string of the molecule is O=C(COc1ccc(Cl)cc1)NCc1ccccc1Br. The molecule has 0 saturated heterocycles. The van der Waals surface area contributed by atoms with Crippen molar-refractivity contribution in [1.29, 1.82) is 0 Å². The van der Waals surface area contributed by atoms with Crippen LogP contribution in [0.1, 0.15) is 5.56 Å². The topological polar surface area (TPSA) is 38.3 Å². The van der Waals surface area contributed by atoms with Gasteiger partial charge in [0.25, 0.3) is 5.91 Å². The molecule has 0 aliphatic carbocycles. The third-order valence-corrected chi connectivity index (χ3v) is 3.64. The van der Waals surface area contributed by atoms with Crippen molar-refractivity contribution in [2.45, 2.75) is 6.54 Å². The first-order valence-electron chi connectivity index (χ1n) is 6.03. The van der Waals surface area contributed by atoms with Gasteiger partial charge in [-0.25, -0.2) is 0 Å². The third-order valence-electron chi connectivity index (χ3n) is 2.62. The van der Waals surface area contributed by atoms with Crippen molar-refractivity contribution in [1.82, 2.24) is 5.32 Å². The van der Waals surface area contributed by atoms with E-state index in [1.165, 1.54) is 0 Å². The molecule has 1 amide bonds. The average molecular weight is 355 g/mol. The van der Waals surface area contributed by atoms with Gasteiger partial charge >= 0.3 is 0 Å². The highest BCUT2D eigenvalue weighted by Gasteiger charge is 2.04. The molecule has 104 valence electrons. The van der Waals surface area contributed by atoms with Gasteiger partial charge < -0.3 is 10.1 Å². The molecule has 1 N–H and O–H groups in total. The Hall–Kier alpha value is -1.52. The van der Waals surface area contributed by atoms with Crippen molar-refractivity contribution in [3.8, 4) is 5.75 Å². The Labute approximate surface area is 131 Å². The number of ether oxygens (including phenoxy) is 1. The number of halogens is 2. The molecule has 5 heteroatoms. The summed E-state index contributed by atoms with van der Waals surface area (Å²) in [5.41, 5.74) is 1.02. The quantitative estimate of drug-likeness (QED) is 0.887. The average Bonchev–Trinajstić information content (AvgIpc) is 2.46. The van der Waals surface area contributed by atoms with E-state index in [4.69, 9.17) is 16.3 Å². The minimum absolute atomic E-state index is 0.0217. The molecule has 0 unspecified atom stereocenters. The van der Waals surface area contributed by atoms with Crippen LogP contribution in [0.25, 0.3) is 0 Å². The molecule has 0 saturated carbocycles. The fourth-order valence-electron chi connectivity index (χ4n) is 1.57. The van der Waals surface area contributed by atoms with Gasteiger partial charge in [-0.05, 0) is 35.9 Å². The van der Waals surface area contributed by atoms with E-state index in [0.29, 0.717) is 17.3 Å². The minimum Gasteiger partial charge on any atom is -0.484 e. The van der Waals surface area contributed by atoms with Gasteiger partial charge in [0, 0.05) is 16.0 Å². The van der Waals surface area contributed by atoms with Gasteiger partial charge in [0.15, 0.2) is 6.61 Å². The highest BCUT2D eigenvalue weighted by Crippen LogP contribution is 2.16. The summed E-state index contributed by atoms with van der Waals surface area (Å²) in [7, 11) is 0. The third kappa shape index (κ3) is 4.54. The molecule has 2 aromatic rings. The van der Waals surface area contributed by atoms with Crippen molar-refractivity contribution < 1.29 is 9.53 Å². The first kappa shape index (κ1) is 14.9. The van der Waals surface area contributed by atoms with Crippen molar-refractivity contribution in [3.63, 3.8) is 0 Å². The van der Waals surface area contributed by atoms with Crippen LogP contribution in [0.4, 0.5) is 0 Å². The molecule has 0 atom stereocenters. The summed E-state index contributed by atoms with van der Waals surface area (Å²) in [5.74, 6) is 0.446. The van der Waals surface area contributed by atoms with E-state index >= 15 is 0 Å². The van der Waals surface area contributed by atoms with Gasteiger partial charge in [-0.2, -0.15) is 0 Å². The summed E-state index contributed by atoms with van der Waals surface area (Å²) in [5, 5.41) is 3.44. The van der Waals surface area contributed by atoms with Gasteiger partial charge in [-0.1, -0.05) is 45.7 Å². The van der Waals surface area contributed by atoms with Crippen LogP contribution in [-0.4, -0.2) is 12.5 Å². The normalized spacial score (nSPS) is 10.1. The second kappa shape index (κ2) is 7.31. The summed E-state index contributed by atoms with van der Waals surface area (Å²) >= 11 is 9.20. The highest BCUT2D eigenvalue weighted by molar-refractivity contribution is 9.10. The Bertz CT molecular complexity index is 587. The second-order valence-corrected chi connectivity index (χ2v) is 5.40. The number of nitrogens with one attached hydrogen (secondary N) is 1. The number of carbonyl (C=O) groups is 1. The van der Waals surface area contributed by atoms with E-state index in [1.54, 1.807) is 24.3 Å². The van der Waals surface area contributed by atoms with Gasteiger partial charge in [0.1, 0.15) is 5.75 Å². The number of hydrogen-bond acceptors (Lipinski definition) is 2. The zero-order chi connectivity index (χ0) is 14.4. The molecule has 0 fully saturated rings. The lowest BCUT2D eigenvalue weighted by Crippen LogP contribution is -2.28. The lowest BCUT2D eigenvalue weighted by Gasteiger charge is -2.08. The largest absolute Gasteiger partial charge is 0.484 e. The molecule has 0 spiro atoms. The maximum absolute atomic E-state index is 11.7. The Morgan fingerprint density at radius 2 is 1.85 bits per heavy atom. The Kier molecular flexibility index (Phi) is 5.44. The van der Waals surface area contributed by atoms with E-state index in [-0.39, 0.29) is 12.5 Å². The monoisotopic (exact) mass is 353 g/mol. The second-order valence-electron chi connectivity index (χ2n) is 4.11. The summed E-state index contributed by atoms with van der Waals surface area (Å²) in [6.45, 7) is 0.441. The summed E-state index contributed by atoms with van der Waals surface area (Å²) < 4.78 is 6.33. The first-order valence-corrected chi connectivity index (χ1v) is 7.21. The predicted octanol–water partition coefficient (Wildman–Crippen LogP) is 3.80. The maximum Gasteiger partial charge on any atom is 0.258 e. The molecule has 0 aromatic heterocycles. The van der Waals surface area contributed by atoms with Crippen LogP contribution in [0.2, 0.25) is 5.02 Å². The Morgan fingerprint density at radius 3 is 2.55 bits per heavy atom. The molecule has 0 heterocycles. The molecule has 2 aromatic carbocycles. The summed E-state index contributed by atoms with van der Waals surface area (Å²) in [6.07, 6.45) is 0. The fourth-order valence-corrected chi connectivity index (χ4v) is 2.12. The number of benzene rings is 2. The Balaban J connectivity index is 1.78. The van der Waals surface area contributed by atoms with E-state index in [0.717, 1.165) is 10.0 Å². The molecular weight excluding hydrogens is 342 g/mol. The van der Waals surface area contributed by atoms with Crippen LogP contribution in [-0.2, 0) is 11.3 Å². The molecule has 2 rings (SSSR count). The zero-order valence-electron chi connectivity index (χ0n) is 10.6. The molecule has 0 radical (unpaired) electrons. The summed E-state index contributed by atoms with van der Waals surface area (Å²) in [4.78, 5) is 11.7. The molecule has 20 heavy (non-hydrogen) atoms. The fraction of sp³-hybridized carbons (Fsp3) is 0.133. The van der Waals surface area contributed by atoms with E-state index in [2.05, 4.69) is 21.2 Å². The van der Waals surface area contributed by atoms with E-state index in [9.17, 15) is 4.79 Å². The number of amides is 1. The highest BCUT2D eigenvalue weighted by atomic mass is 79.9. The first-order chi connectivity index (χ1) is 9.65. The van der Waals surface area contributed by atoms with Gasteiger partial charge in [-0.15, -0.1) is 0 Å². The summed E-state index contributed by atoms with van der Waals surface area (Å²) in [6, 6.07) is 14.6. The number of hydrogen-bond donors (Lipinski definition) is 1. The van der Waals surface area contributed by atoms with Gasteiger partial charge in [0.2, 0.25) is 0 Å². The molecule has 3 nitrogen and oxygen atoms in total. The van der Waals surface area contributed by atoms with Crippen molar-refractivity contribution in [2.75, 3.05) is 6.61 Å². The minimum atomic E-state index is -0.171. The predicted molar refractivity (Wildman–Crippen MR) is 82.9 cm³/mol. The molecule has 0 bridgehead atoms. The smallest absolute Gasteiger partial charge is 0.258 e. The van der Waals surface area contributed by atoms with Crippen LogP contribution < -0.4 is 10.1 Å². The van der Waals surface area contributed by atoms with E-state index in [1.807, 2.05) is 24.3 Å². The molecular formula is C15H13BrClNO2. The lowest BCUT2D eigenvalue weighted by atomic mass is 10.2. The van der Waals surface area contributed by atoms with Crippen LogP contribution in [0.15, 0.2) is 53.0 Å². The maximum atomic E-state index is 11.7. The molecule has 0 aliphatic rings. The van der Waals surface area contributed by atoms with Crippen LogP contribution in [0.5, 0.6) is 5.75 Å². The number of rotatable bonds is 5. The van der Waals surface area contributed by atoms with Crippen molar-refractivity contribution >= 4 is 33.4 Å². The molecule has 0 aliphatic heterocycles. The zero-order valence-corrected chi connectivity index (χ0v) is 12.9.